The van der Waals surface area contributed by atoms with Gasteiger partial charge in [0, 0.05) is 36.6 Å². The molecule has 2 aromatic rings. The standard InChI is InChI=1S/C27H30N4O5S/c1-5-36-26(33)24-17(2)30-27-31(25(24)18-12-21(34-3)15-22(13-18)35-4)20(16-37-27)14-23(32)29-11-9-19-8-6-7-10-28-19/h6-8,10,12-13,15-16,25H,5,9,11,14H2,1-4H3,(H,29,32)/t25-/m0/s1. The molecule has 1 aromatic carbocycles. The van der Waals surface area contributed by atoms with Crippen molar-refractivity contribution in [3.63, 3.8) is 0 Å². The molecule has 1 aromatic heterocycles. The average Bonchev–Trinajstić information content (AvgIpc) is 3.29. The number of nitrogens with zero attached hydrogens (tertiary/aromatic N) is 3. The lowest BCUT2D eigenvalue weighted by atomic mass is 9.93. The van der Waals surface area contributed by atoms with Crippen LogP contribution in [0.2, 0.25) is 0 Å². The molecule has 1 N–H and O–H groups in total. The molecule has 2 aliphatic rings. The Bertz CT molecular complexity index is 1240. The number of nitrogens with one attached hydrogen (secondary N) is 1. The van der Waals surface area contributed by atoms with E-state index in [4.69, 9.17) is 14.2 Å². The second-order valence-corrected chi connectivity index (χ2v) is 9.19. The summed E-state index contributed by atoms with van der Waals surface area (Å²) >= 11 is 1.42. The summed E-state index contributed by atoms with van der Waals surface area (Å²) in [5, 5.41) is 5.56. The molecule has 3 heterocycles. The first-order chi connectivity index (χ1) is 17.9. The maximum atomic E-state index is 13.1. The summed E-state index contributed by atoms with van der Waals surface area (Å²) in [5.41, 5.74) is 3.38. The SMILES string of the molecule is CCOC(=O)C1=C(C)N=C2SC=C(CC(=O)NCCc3ccccn3)N2[C@H]1c1cc(OC)cc(OC)c1. The Labute approximate surface area is 220 Å². The van der Waals surface area contributed by atoms with Crippen LogP contribution in [0, 0.1) is 0 Å². The molecular weight excluding hydrogens is 492 g/mol. The number of esters is 1. The molecule has 0 saturated heterocycles. The fraction of sp³-hybridized carbons (Fsp3) is 0.333. The molecule has 9 nitrogen and oxygen atoms in total. The van der Waals surface area contributed by atoms with E-state index in [-0.39, 0.29) is 18.9 Å². The first kappa shape index (κ1) is 26.3. The maximum Gasteiger partial charge on any atom is 0.338 e. The molecule has 10 heteroatoms. The van der Waals surface area contributed by atoms with Gasteiger partial charge in [-0.15, -0.1) is 0 Å². The van der Waals surface area contributed by atoms with E-state index >= 15 is 0 Å². The van der Waals surface area contributed by atoms with Gasteiger partial charge in [-0.25, -0.2) is 9.79 Å². The van der Waals surface area contributed by atoms with Crippen LogP contribution in [0.5, 0.6) is 11.5 Å². The van der Waals surface area contributed by atoms with Crippen LogP contribution in [0.4, 0.5) is 0 Å². The third kappa shape index (κ3) is 5.96. The summed E-state index contributed by atoms with van der Waals surface area (Å²) in [6, 6.07) is 10.6. The van der Waals surface area contributed by atoms with E-state index in [1.54, 1.807) is 40.3 Å². The number of methoxy groups -OCH3 is 2. The van der Waals surface area contributed by atoms with Crippen molar-refractivity contribution >= 4 is 28.8 Å². The number of benzene rings is 1. The second-order valence-electron chi connectivity index (χ2n) is 8.36. The molecule has 0 fully saturated rings. The number of rotatable bonds is 10. The lowest BCUT2D eigenvalue weighted by Crippen LogP contribution is -2.38. The minimum absolute atomic E-state index is 0.126. The van der Waals surface area contributed by atoms with Crippen LogP contribution < -0.4 is 14.8 Å². The van der Waals surface area contributed by atoms with E-state index in [0.717, 1.165) is 17.0 Å². The summed E-state index contributed by atoms with van der Waals surface area (Å²) in [6.07, 6.45) is 2.50. The molecule has 0 unspecified atom stereocenters. The Hall–Kier alpha value is -3.79. The number of amides is 1. The number of carbonyl (C=O) groups excluding carboxylic acids is 2. The zero-order valence-electron chi connectivity index (χ0n) is 21.3. The predicted molar refractivity (Wildman–Crippen MR) is 142 cm³/mol. The van der Waals surface area contributed by atoms with Crippen molar-refractivity contribution in [3.8, 4) is 11.5 Å². The fourth-order valence-electron chi connectivity index (χ4n) is 4.25. The number of amidine groups is 1. The molecule has 2 aliphatic heterocycles. The largest absolute Gasteiger partial charge is 0.497 e. The van der Waals surface area contributed by atoms with Crippen LogP contribution in [-0.4, -0.2) is 54.3 Å². The quantitative estimate of drug-likeness (QED) is 0.468. The van der Waals surface area contributed by atoms with Crippen molar-refractivity contribution in [1.29, 1.82) is 0 Å². The highest BCUT2D eigenvalue weighted by molar-refractivity contribution is 8.16. The number of fused-ring (bicyclic) bond motifs is 1. The van der Waals surface area contributed by atoms with Crippen molar-refractivity contribution in [2.75, 3.05) is 27.4 Å². The topological polar surface area (TPSA) is 102 Å². The van der Waals surface area contributed by atoms with Gasteiger partial charge in [0.05, 0.1) is 44.6 Å². The minimum atomic E-state index is -0.571. The van der Waals surface area contributed by atoms with Crippen molar-refractivity contribution in [1.82, 2.24) is 15.2 Å². The highest BCUT2D eigenvalue weighted by Crippen LogP contribution is 2.46. The van der Waals surface area contributed by atoms with E-state index in [1.165, 1.54) is 11.8 Å². The monoisotopic (exact) mass is 522 g/mol. The van der Waals surface area contributed by atoms with Crippen molar-refractivity contribution in [3.05, 3.63) is 76.2 Å². The Morgan fingerprint density at radius 1 is 1.14 bits per heavy atom. The highest BCUT2D eigenvalue weighted by atomic mass is 32.2. The minimum Gasteiger partial charge on any atom is -0.497 e. The third-order valence-corrected chi connectivity index (χ3v) is 6.85. The molecule has 0 radical (unpaired) electrons. The number of pyridine rings is 1. The molecular formula is C27H30N4O5S. The van der Waals surface area contributed by atoms with E-state index in [0.29, 0.717) is 40.9 Å². The van der Waals surface area contributed by atoms with Gasteiger partial charge in [0.25, 0.3) is 0 Å². The summed E-state index contributed by atoms with van der Waals surface area (Å²) in [5.74, 6) is 0.591. The van der Waals surface area contributed by atoms with Crippen LogP contribution >= 0.6 is 11.8 Å². The molecule has 37 heavy (non-hydrogen) atoms. The second kappa shape index (κ2) is 12.0. The summed E-state index contributed by atoms with van der Waals surface area (Å²) in [7, 11) is 3.15. The highest BCUT2D eigenvalue weighted by Gasteiger charge is 2.41. The van der Waals surface area contributed by atoms with E-state index in [9.17, 15) is 9.59 Å². The van der Waals surface area contributed by atoms with Crippen molar-refractivity contribution < 1.29 is 23.8 Å². The zero-order valence-corrected chi connectivity index (χ0v) is 22.1. The van der Waals surface area contributed by atoms with E-state index in [1.807, 2.05) is 40.6 Å². The smallest absolute Gasteiger partial charge is 0.338 e. The predicted octanol–water partition coefficient (Wildman–Crippen LogP) is 3.99. The summed E-state index contributed by atoms with van der Waals surface area (Å²) < 4.78 is 16.4. The molecule has 4 rings (SSSR count). The lowest BCUT2D eigenvalue weighted by Gasteiger charge is -2.36. The van der Waals surface area contributed by atoms with Gasteiger partial charge >= 0.3 is 5.97 Å². The number of hydrogen-bond donors (Lipinski definition) is 1. The molecule has 194 valence electrons. The summed E-state index contributed by atoms with van der Waals surface area (Å²) in [6.45, 7) is 4.27. The van der Waals surface area contributed by atoms with Gasteiger partial charge < -0.3 is 24.4 Å². The van der Waals surface area contributed by atoms with Gasteiger partial charge in [-0.3, -0.25) is 9.78 Å². The Balaban J connectivity index is 1.62. The zero-order chi connectivity index (χ0) is 26.4. The van der Waals surface area contributed by atoms with Gasteiger partial charge in [0.2, 0.25) is 5.91 Å². The lowest BCUT2D eigenvalue weighted by molar-refractivity contribution is -0.139. The Morgan fingerprint density at radius 3 is 2.54 bits per heavy atom. The third-order valence-electron chi connectivity index (χ3n) is 5.96. The molecule has 1 atom stereocenters. The number of allylic oxidation sites excluding steroid dienone is 1. The molecule has 1 amide bonds. The molecule has 0 spiro atoms. The van der Waals surface area contributed by atoms with Crippen LogP contribution in [0.15, 0.2) is 70.0 Å². The van der Waals surface area contributed by atoms with Crippen LogP contribution in [0.25, 0.3) is 0 Å². The van der Waals surface area contributed by atoms with Gasteiger partial charge in [-0.2, -0.15) is 0 Å². The Morgan fingerprint density at radius 2 is 1.89 bits per heavy atom. The normalized spacial score (nSPS) is 16.5. The summed E-state index contributed by atoms with van der Waals surface area (Å²) in [4.78, 5) is 36.9. The van der Waals surface area contributed by atoms with Gasteiger partial charge in [-0.05, 0) is 49.1 Å². The number of thioether (sulfide) groups is 1. The van der Waals surface area contributed by atoms with Crippen molar-refractivity contribution in [2.24, 2.45) is 4.99 Å². The van der Waals surface area contributed by atoms with E-state index in [2.05, 4.69) is 15.3 Å². The van der Waals surface area contributed by atoms with Gasteiger partial charge in [-0.1, -0.05) is 17.8 Å². The maximum absolute atomic E-state index is 13.1. The average molecular weight is 523 g/mol. The van der Waals surface area contributed by atoms with Crippen LogP contribution in [0.3, 0.4) is 0 Å². The first-order valence-electron chi connectivity index (χ1n) is 12.0. The number of carbonyl (C=O) groups is 2. The van der Waals surface area contributed by atoms with Crippen molar-refractivity contribution in [2.45, 2.75) is 32.7 Å². The van der Waals surface area contributed by atoms with Gasteiger partial charge in [0.15, 0.2) is 5.17 Å². The number of ether oxygens (including phenoxy) is 3. The molecule has 0 bridgehead atoms. The number of aliphatic imine (C=N–C) groups is 1. The molecule has 0 saturated carbocycles. The Kier molecular flexibility index (Phi) is 8.50. The van der Waals surface area contributed by atoms with Gasteiger partial charge in [0.1, 0.15) is 11.5 Å². The molecule has 0 aliphatic carbocycles. The first-order valence-corrected chi connectivity index (χ1v) is 12.8. The fourth-order valence-corrected chi connectivity index (χ4v) is 5.21. The number of hydrogen-bond acceptors (Lipinski definition) is 9. The van der Waals surface area contributed by atoms with Crippen LogP contribution in [0.1, 0.15) is 37.6 Å². The van der Waals surface area contributed by atoms with E-state index < -0.39 is 12.0 Å². The number of aromatic nitrogens is 1. The van der Waals surface area contributed by atoms with Crippen LogP contribution in [-0.2, 0) is 20.7 Å².